The van der Waals surface area contributed by atoms with Crippen LogP contribution in [-0.4, -0.2) is 28.0 Å². The van der Waals surface area contributed by atoms with Crippen LogP contribution in [0.2, 0.25) is 0 Å². The van der Waals surface area contributed by atoms with Gasteiger partial charge >= 0.3 is 0 Å². The third-order valence-corrected chi connectivity index (χ3v) is 5.85. The van der Waals surface area contributed by atoms with E-state index in [9.17, 15) is 9.59 Å². The number of nitrogens with zero attached hydrogens (tertiary/aromatic N) is 2. The van der Waals surface area contributed by atoms with E-state index in [1.165, 1.54) is 36.9 Å². The Morgan fingerprint density at radius 2 is 2.10 bits per heavy atom. The maximum absolute atomic E-state index is 13.0. The molecule has 1 amide bonds. The monoisotopic (exact) mass is 470 g/mol. The molecule has 1 aromatic carbocycles. The lowest BCUT2D eigenvalue weighted by Gasteiger charge is -2.12. The van der Waals surface area contributed by atoms with Gasteiger partial charge < -0.3 is 9.72 Å². The smallest absolute Gasteiger partial charge is 0.259 e. The van der Waals surface area contributed by atoms with Crippen LogP contribution in [0.5, 0.6) is 5.75 Å². The number of para-hydroxylation sites is 1. The van der Waals surface area contributed by atoms with Crippen molar-refractivity contribution in [1.29, 1.82) is 0 Å². The summed E-state index contributed by atoms with van der Waals surface area (Å²) in [6, 6.07) is 8.90. The highest BCUT2D eigenvalue weighted by Crippen LogP contribution is 2.33. The van der Waals surface area contributed by atoms with Gasteiger partial charge in [0.2, 0.25) is 5.56 Å². The molecule has 29 heavy (non-hydrogen) atoms. The first-order valence-corrected chi connectivity index (χ1v) is 10.2. The quantitative estimate of drug-likeness (QED) is 0.461. The molecule has 146 valence electrons. The van der Waals surface area contributed by atoms with Gasteiger partial charge in [-0.05, 0) is 41.1 Å². The second-order valence-corrected chi connectivity index (χ2v) is 8.10. The topological polar surface area (TPSA) is 97.0 Å². The van der Waals surface area contributed by atoms with Gasteiger partial charge in [0.15, 0.2) is 5.13 Å². The van der Waals surface area contributed by atoms with Crippen LogP contribution in [0.4, 0.5) is 5.13 Å². The van der Waals surface area contributed by atoms with Gasteiger partial charge in [0, 0.05) is 39.8 Å². The molecule has 0 aliphatic carbocycles. The molecule has 4 aromatic rings. The van der Waals surface area contributed by atoms with Crippen molar-refractivity contribution in [3.63, 3.8) is 0 Å². The molecule has 0 saturated carbocycles. The predicted molar refractivity (Wildman–Crippen MR) is 117 cm³/mol. The van der Waals surface area contributed by atoms with Gasteiger partial charge in [-0.15, -0.1) is 0 Å². The molecule has 0 unspecified atom stereocenters. The van der Waals surface area contributed by atoms with E-state index in [-0.39, 0.29) is 11.5 Å². The summed E-state index contributed by atoms with van der Waals surface area (Å²) in [6.07, 6.45) is 2.96. The Bertz CT molecular complexity index is 1300. The average Bonchev–Trinajstić information content (AvgIpc) is 3.11. The number of benzene rings is 1. The minimum atomic E-state index is -0.370. The minimum absolute atomic E-state index is 0.294. The molecule has 0 spiro atoms. The number of anilines is 1. The number of aryl methyl sites for hydroxylation is 1. The molecule has 0 radical (unpaired) electrons. The van der Waals surface area contributed by atoms with E-state index in [0.717, 1.165) is 14.7 Å². The van der Waals surface area contributed by atoms with E-state index in [1.807, 2.05) is 25.1 Å². The zero-order valence-corrected chi connectivity index (χ0v) is 17.8. The Morgan fingerprint density at radius 1 is 1.28 bits per heavy atom. The molecule has 9 heteroatoms. The Balaban J connectivity index is 1.77. The van der Waals surface area contributed by atoms with Crippen LogP contribution in [-0.2, 0) is 0 Å². The van der Waals surface area contributed by atoms with E-state index < -0.39 is 0 Å². The Morgan fingerprint density at radius 3 is 2.86 bits per heavy atom. The molecular weight excluding hydrogens is 456 g/mol. The van der Waals surface area contributed by atoms with Crippen molar-refractivity contribution < 1.29 is 9.53 Å². The number of methoxy groups -OCH3 is 1. The second kappa shape index (κ2) is 7.76. The highest BCUT2D eigenvalue weighted by molar-refractivity contribution is 9.10. The largest absolute Gasteiger partial charge is 0.495 e. The van der Waals surface area contributed by atoms with Crippen LogP contribution >= 0.6 is 27.3 Å². The molecule has 4 rings (SSSR count). The van der Waals surface area contributed by atoms with Gasteiger partial charge in [-0.1, -0.05) is 17.4 Å². The fourth-order valence-corrected chi connectivity index (χ4v) is 4.41. The summed E-state index contributed by atoms with van der Waals surface area (Å²) in [6.45, 7) is 1.82. The number of carbonyl (C=O) groups excluding carboxylic acids is 1. The summed E-state index contributed by atoms with van der Waals surface area (Å²) in [5.41, 5.74) is 2.59. The van der Waals surface area contributed by atoms with Crippen LogP contribution in [0.3, 0.4) is 0 Å². The molecule has 3 aromatic heterocycles. The first kappa shape index (κ1) is 19.3. The number of amides is 1. The number of pyridine rings is 2. The number of nitrogens with one attached hydrogen (secondary N) is 2. The van der Waals surface area contributed by atoms with Gasteiger partial charge in [-0.2, -0.15) is 0 Å². The fourth-order valence-electron chi connectivity index (χ4n) is 2.93. The first-order chi connectivity index (χ1) is 14.0. The second-order valence-electron chi connectivity index (χ2n) is 6.21. The molecule has 7 nitrogen and oxygen atoms in total. The summed E-state index contributed by atoms with van der Waals surface area (Å²) in [7, 11) is 1.50. The maximum Gasteiger partial charge on any atom is 0.259 e. The van der Waals surface area contributed by atoms with Crippen molar-refractivity contribution in [2.75, 3.05) is 12.4 Å². The molecule has 0 atom stereocenters. The first-order valence-electron chi connectivity index (χ1n) is 8.56. The van der Waals surface area contributed by atoms with Gasteiger partial charge in [-0.3, -0.25) is 19.9 Å². The van der Waals surface area contributed by atoms with E-state index in [1.54, 1.807) is 6.07 Å². The highest BCUT2D eigenvalue weighted by Gasteiger charge is 2.19. The molecule has 0 fully saturated rings. The number of H-pyrrole nitrogens is 1. The van der Waals surface area contributed by atoms with Crippen LogP contribution in [0.15, 0.2) is 52.0 Å². The van der Waals surface area contributed by atoms with E-state index in [0.29, 0.717) is 33.3 Å². The summed E-state index contributed by atoms with van der Waals surface area (Å²) in [5.74, 6) is 0.0816. The average molecular weight is 471 g/mol. The van der Waals surface area contributed by atoms with Crippen LogP contribution in [0, 0.1) is 6.92 Å². The molecular formula is C20H15BrN4O3S. The SMILES string of the molecule is COc1c[nH]c(=O)cc1-c1cc(C)ncc1C(=O)Nc1nc2c(Br)cccc2s1. The number of halogens is 1. The predicted octanol–water partition coefficient (Wildman–Crippen LogP) is 4.38. The van der Waals surface area contributed by atoms with Crippen molar-refractivity contribution >= 4 is 48.5 Å². The van der Waals surface area contributed by atoms with Crippen LogP contribution in [0.1, 0.15) is 16.1 Å². The molecule has 3 heterocycles. The number of aromatic amines is 1. The zero-order chi connectivity index (χ0) is 20.5. The normalized spacial score (nSPS) is 10.9. The van der Waals surface area contributed by atoms with Crippen molar-refractivity contribution in [2.24, 2.45) is 0 Å². The summed E-state index contributed by atoms with van der Waals surface area (Å²) < 4.78 is 7.17. The van der Waals surface area contributed by atoms with E-state index in [2.05, 4.69) is 36.2 Å². The number of ether oxygens (including phenoxy) is 1. The molecule has 0 aliphatic rings. The molecule has 0 aliphatic heterocycles. The van der Waals surface area contributed by atoms with Gasteiger partial charge in [-0.25, -0.2) is 4.98 Å². The number of aromatic nitrogens is 3. The highest BCUT2D eigenvalue weighted by atomic mass is 79.9. The summed E-state index contributed by atoms with van der Waals surface area (Å²) >= 11 is 4.85. The third kappa shape index (κ3) is 3.79. The number of hydrogen-bond donors (Lipinski definition) is 2. The zero-order valence-electron chi connectivity index (χ0n) is 15.4. The Kier molecular flexibility index (Phi) is 5.16. The lowest BCUT2D eigenvalue weighted by Crippen LogP contribution is -2.14. The van der Waals surface area contributed by atoms with E-state index >= 15 is 0 Å². The maximum atomic E-state index is 13.0. The molecule has 2 N–H and O–H groups in total. The number of thiazole rings is 1. The molecule has 0 bridgehead atoms. The summed E-state index contributed by atoms with van der Waals surface area (Å²) in [5, 5.41) is 3.31. The number of hydrogen-bond acceptors (Lipinski definition) is 6. The number of fused-ring (bicyclic) bond motifs is 1. The van der Waals surface area contributed by atoms with Crippen molar-refractivity contribution in [3.05, 3.63) is 68.8 Å². The number of rotatable bonds is 4. The van der Waals surface area contributed by atoms with Crippen molar-refractivity contribution in [2.45, 2.75) is 6.92 Å². The summed E-state index contributed by atoms with van der Waals surface area (Å²) in [4.78, 5) is 36.2. The lowest BCUT2D eigenvalue weighted by molar-refractivity contribution is 0.102. The van der Waals surface area contributed by atoms with Gasteiger partial charge in [0.1, 0.15) is 5.75 Å². The van der Waals surface area contributed by atoms with Gasteiger partial charge in [0.05, 0.1) is 22.9 Å². The standard InChI is InChI=1S/C20H15BrN4O3S/c1-10-6-11(12-7-17(26)23-9-15(12)28-2)13(8-22-10)19(27)25-20-24-18-14(21)4-3-5-16(18)29-20/h3-9H,1-2H3,(H,23,26)(H,24,25,27). The Labute approximate surface area is 177 Å². The Hall–Kier alpha value is -3.04. The van der Waals surface area contributed by atoms with Crippen LogP contribution in [0.25, 0.3) is 21.3 Å². The van der Waals surface area contributed by atoms with Gasteiger partial charge in [0.25, 0.3) is 5.91 Å². The van der Waals surface area contributed by atoms with Crippen molar-refractivity contribution in [3.8, 4) is 16.9 Å². The lowest BCUT2D eigenvalue weighted by atomic mass is 10.0. The van der Waals surface area contributed by atoms with E-state index in [4.69, 9.17) is 4.74 Å². The van der Waals surface area contributed by atoms with Crippen molar-refractivity contribution in [1.82, 2.24) is 15.0 Å². The third-order valence-electron chi connectivity index (χ3n) is 4.27. The fraction of sp³-hybridized carbons (Fsp3) is 0.100. The van der Waals surface area contributed by atoms with Crippen LogP contribution < -0.4 is 15.6 Å². The molecule has 0 saturated heterocycles. The minimum Gasteiger partial charge on any atom is -0.495 e. The number of carbonyl (C=O) groups is 1.